The normalized spacial score (nSPS) is 13.6. The highest BCUT2D eigenvalue weighted by Gasteiger charge is 2.22. The third-order valence-corrected chi connectivity index (χ3v) is 3.25. The molecule has 0 aliphatic rings. The van der Waals surface area contributed by atoms with Crippen LogP contribution < -0.4 is 11.1 Å². The van der Waals surface area contributed by atoms with Gasteiger partial charge < -0.3 is 11.1 Å². The molecule has 0 spiro atoms. The van der Waals surface area contributed by atoms with Gasteiger partial charge in [-0.15, -0.1) is 0 Å². The molecule has 96 valence electrons. The minimum Gasteiger partial charge on any atom is -0.330 e. The number of rotatable bonds is 7. The third kappa shape index (κ3) is 4.88. The predicted molar refractivity (Wildman–Crippen MR) is 75.2 cm³/mol. The van der Waals surface area contributed by atoms with E-state index in [9.17, 15) is 0 Å². The molecule has 0 amide bonds. The zero-order valence-corrected chi connectivity index (χ0v) is 11.4. The van der Waals surface area contributed by atoms with E-state index in [1.54, 1.807) is 0 Å². The number of benzene rings is 1. The molecule has 3 N–H and O–H groups in total. The molecule has 0 saturated heterocycles. The summed E-state index contributed by atoms with van der Waals surface area (Å²) in [5, 5.41) is 3.53. The van der Waals surface area contributed by atoms with Crippen molar-refractivity contribution in [3.05, 3.63) is 35.9 Å². The Balaban J connectivity index is 2.49. The van der Waals surface area contributed by atoms with Gasteiger partial charge in [0, 0.05) is 6.04 Å². The quantitative estimate of drug-likeness (QED) is 0.712. The lowest BCUT2D eigenvalue weighted by molar-refractivity contribution is 0.388. The van der Waals surface area contributed by atoms with Gasteiger partial charge in [-0.05, 0) is 43.8 Å². The number of hydrogen-bond acceptors (Lipinski definition) is 2. The van der Waals surface area contributed by atoms with E-state index in [0.717, 1.165) is 25.9 Å². The van der Waals surface area contributed by atoms with Crippen LogP contribution in [0.2, 0.25) is 0 Å². The molecule has 1 rings (SSSR count). The number of hydrogen-bond donors (Lipinski definition) is 2. The van der Waals surface area contributed by atoms with Gasteiger partial charge in [-0.25, -0.2) is 0 Å². The first-order valence-electron chi connectivity index (χ1n) is 6.55. The fourth-order valence-corrected chi connectivity index (χ4v) is 2.30. The van der Waals surface area contributed by atoms with Gasteiger partial charge in [-0.2, -0.15) is 0 Å². The average Bonchev–Trinajstić information content (AvgIpc) is 2.30. The molecule has 0 radical (unpaired) electrons. The van der Waals surface area contributed by atoms with Crippen molar-refractivity contribution in [2.24, 2.45) is 5.73 Å². The Morgan fingerprint density at radius 3 is 2.47 bits per heavy atom. The lowest BCUT2D eigenvalue weighted by Gasteiger charge is -2.29. The highest BCUT2D eigenvalue weighted by Crippen LogP contribution is 2.27. The molecule has 1 aromatic rings. The van der Waals surface area contributed by atoms with Crippen LogP contribution in [0.5, 0.6) is 0 Å². The first-order valence-corrected chi connectivity index (χ1v) is 6.55. The Hall–Kier alpha value is -0.860. The van der Waals surface area contributed by atoms with E-state index in [-0.39, 0.29) is 5.41 Å². The molecule has 0 fully saturated rings. The van der Waals surface area contributed by atoms with E-state index < -0.39 is 0 Å². The van der Waals surface area contributed by atoms with E-state index in [1.807, 2.05) is 0 Å². The summed E-state index contributed by atoms with van der Waals surface area (Å²) in [5.41, 5.74) is 7.12. The summed E-state index contributed by atoms with van der Waals surface area (Å²) in [6, 6.07) is 11.3. The highest BCUT2D eigenvalue weighted by molar-refractivity contribution is 5.23. The Labute approximate surface area is 106 Å². The fraction of sp³-hybridized carbons (Fsp3) is 0.600. The molecule has 0 saturated carbocycles. The van der Waals surface area contributed by atoms with Gasteiger partial charge in [0.1, 0.15) is 0 Å². The smallest absolute Gasteiger partial charge is 0.00470 e. The van der Waals surface area contributed by atoms with Gasteiger partial charge in [0.15, 0.2) is 0 Å². The lowest BCUT2D eigenvalue weighted by Crippen LogP contribution is -2.34. The zero-order valence-electron chi connectivity index (χ0n) is 11.4. The predicted octanol–water partition coefficient (Wildman–Crippen LogP) is 2.68. The Bertz CT molecular complexity index is 306. The van der Waals surface area contributed by atoms with Gasteiger partial charge in [-0.3, -0.25) is 0 Å². The first kappa shape index (κ1) is 14.2. The first-order chi connectivity index (χ1) is 8.06. The minimum atomic E-state index is 0.219. The molecule has 17 heavy (non-hydrogen) atoms. The second-order valence-electron chi connectivity index (χ2n) is 5.45. The molecule has 1 aromatic carbocycles. The fourth-order valence-electron chi connectivity index (χ4n) is 2.30. The van der Waals surface area contributed by atoms with Crippen molar-refractivity contribution in [3.8, 4) is 0 Å². The topological polar surface area (TPSA) is 38.0 Å². The molecule has 2 nitrogen and oxygen atoms in total. The molecule has 0 aliphatic carbocycles. The van der Waals surface area contributed by atoms with Gasteiger partial charge in [-0.1, -0.05) is 44.2 Å². The van der Waals surface area contributed by atoms with Crippen molar-refractivity contribution in [2.75, 3.05) is 13.1 Å². The summed E-state index contributed by atoms with van der Waals surface area (Å²) in [6.07, 6.45) is 2.19. The van der Waals surface area contributed by atoms with E-state index in [0.29, 0.717) is 6.04 Å². The summed E-state index contributed by atoms with van der Waals surface area (Å²) in [7, 11) is 0. The van der Waals surface area contributed by atoms with E-state index in [2.05, 4.69) is 56.4 Å². The maximum atomic E-state index is 5.49. The van der Waals surface area contributed by atoms with Gasteiger partial charge >= 0.3 is 0 Å². The van der Waals surface area contributed by atoms with Gasteiger partial charge in [0.05, 0.1) is 0 Å². The van der Waals surface area contributed by atoms with Gasteiger partial charge in [0.2, 0.25) is 0 Å². The van der Waals surface area contributed by atoms with Crippen LogP contribution in [0.15, 0.2) is 30.3 Å². The van der Waals surface area contributed by atoms with Crippen molar-refractivity contribution in [1.29, 1.82) is 0 Å². The van der Waals surface area contributed by atoms with Crippen LogP contribution in [-0.4, -0.2) is 19.1 Å². The maximum Gasteiger partial charge on any atom is 0.00470 e. The highest BCUT2D eigenvalue weighted by atomic mass is 14.9. The molecule has 2 heteroatoms. The van der Waals surface area contributed by atoms with Crippen LogP contribution in [0.1, 0.15) is 39.2 Å². The second-order valence-corrected chi connectivity index (χ2v) is 5.45. The zero-order chi connectivity index (χ0) is 12.7. The van der Waals surface area contributed by atoms with Crippen LogP contribution in [0.25, 0.3) is 0 Å². The SMILES string of the molecule is CC(CC(C)(C)c1ccccc1)NCCCN. The number of nitrogens with two attached hydrogens (primary N) is 1. The summed E-state index contributed by atoms with van der Waals surface area (Å²) >= 11 is 0. The maximum absolute atomic E-state index is 5.49. The monoisotopic (exact) mass is 234 g/mol. The van der Waals surface area contributed by atoms with E-state index in [4.69, 9.17) is 5.73 Å². The largest absolute Gasteiger partial charge is 0.330 e. The van der Waals surface area contributed by atoms with Crippen molar-refractivity contribution >= 4 is 0 Å². The minimum absolute atomic E-state index is 0.219. The average molecular weight is 234 g/mol. The van der Waals surface area contributed by atoms with Crippen LogP contribution in [0.3, 0.4) is 0 Å². The molecule has 0 aliphatic heterocycles. The van der Waals surface area contributed by atoms with Crippen molar-refractivity contribution in [3.63, 3.8) is 0 Å². The van der Waals surface area contributed by atoms with Crippen LogP contribution >= 0.6 is 0 Å². The standard InChI is InChI=1S/C15H26N2/c1-13(17-11-7-10-16)12-15(2,3)14-8-5-4-6-9-14/h4-6,8-9,13,17H,7,10-12,16H2,1-3H3. The van der Waals surface area contributed by atoms with Crippen molar-refractivity contribution < 1.29 is 0 Å². The Morgan fingerprint density at radius 2 is 1.88 bits per heavy atom. The molecule has 0 bridgehead atoms. The Morgan fingerprint density at radius 1 is 1.24 bits per heavy atom. The van der Waals surface area contributed by atoms with E-state index in [1.165, 1.54) is 5.56 Å². The summed E-state index contributed by atoms with van der Waals surface area (Å²) in [6.45, 7) is 8.65. The molecular weight excluding hydrogens is 208 g/mol. The molecule has 0 aromatic heterocycles. The summed E-state index contributed by atoms with van der Waals surface area (Å²) in [4.78, 5) is 0. The third-order valence-electron chi connectivity index (χ3n) is 3.25. The molecule has 1 unspecified atom stereocenters. The summed E-state index contributed by atoms with van der Waals surface area (Å²) < 4.78 is 0. The second kappa shape index (κ2) is 6.77. The number of nitrogens with one attached hydrogen (secondary N) is 1. The lowest BCUT2D eigenvalue weighted by atomic mass is 9.79. The molecule has 1 atom stereocenters. The van der Waals surface area contributed by atoms with Crippen LogP contribution in [-0.2, 0) is 5.41 Å². The van der Waals surface area contributed by atoms with E-state index >= 15 is 0 Å². The summed E-state index contributed by atoms with van der Waals surface area (Å²) in [5.74, 6) is 0. The van der Waals surface area contributed by atoms with Crippen molar-refractivity contribution in [1.82, 2.24) is 5.32 Å². The Kier molecular flexibility index (Phi) is 5.66. The molecular formula is C15H26N2. The van der Waals surface area contributed by atoms with Crippen LogP contribution in [0, 0.1) is 0 Å². The molecule has 0 heterocycles. The van der Waals surface area contributed by atoms with Crippen molar-refractivity contribution in [2.45, 2.75) is 45.1 Å². The van der Waals surface area contributed by atoms with Gasteiger partial charge in [0.25, 0.3) is 0 Å². The van der Waals surface area contributed by atoms with Crippen LogP contribution in [0.4, 0.5) is 0 Å².